The Morgan fingerprint density at radius 2 is 2.30 bits per heavy atom. The predicted octanol–water partition coefficient (Wildman–Crippen LogP) is 1.78. The van der Waals surface area contributed by atoms with Crippen LogP contribution in [0, 0.1) is 0 Å². The summed E-state index contributed by atoms with van der Waals surface area (Å²) in [6.45, 7) is 0. The zero-order valence-electron chi connectivity index (χ0n) is 10.4. The lowest BCUT2D eigenvalue weighted by Crippen LogP contribution is -2.15. The third kappa shape index (κ3) is 1.88. The summed E-state index contributed by atoms with van der Waals surface area (Å²) < 4.78 is 7.28. The van der Waals surface area contributed by atoms with Gasteiger partial charge in [-0.05, 0) is 31.0 Å². The molecule has 0 bridgehead atoms. The van der Waals surface area contributed by atoms with Crippen LogP contribution in [-0.4, -0.2) is 19.7 Å². The van der Waals surface area contributed by atoms with Crippen molar-refractivity contribution in [2.45, 2.75) is 29.3 Å². The van der Waals surface area contributed by atoms with Gasteiger partial charge in [0.1, 0.15) is 5.52 Å². The second kappa shape index (κ2) is 4.14. The number of anilines is 1. The van der Waals surface area contributed by atoms with Crippen molar-refractivity contribution < 1.29 is 4.42 Å². The van der Waals surface area contributed by atoms with Crippen molar-refractivity contribution in [3.05, 3.63) is 28.7 Å². The monoisotopic (exact) mass is 289 g/mol. The Hall–Kier alpha value is -2.22. The molecule has 1 saturated carbocycles. The number of nitrogens with zero attached hydrogens (tertiary/aromatic N) is 3. The van der Waals surface area contributed by atoms with E-state index >= 15 is 0 Å². The number of aromatic nitrogens is 4. The van der Waals surface area contributed by atoms with Crippen molar-refractivity contribution in [2.75, 3.05) is 5.73 Å². The van der Waals surface area contributed by atoms with E-state index in [1.165, 1.54) is 11.8 Å². The average Bonchev–Trinajstić information content (AvgIpc) is 3.07. The number of hydrogen-bond acceptors (Lipinski definition) is 6. The third-order valence-electron chi connectivity index (χ3n) is 3.15. The number of nitrogens with one attached hydrogen (secondary N) is 1. The highest BCUT2D eigenvalue weighted by molar-refractivity contribution is 7.99. The Morgan fingerprint density at radius 3 is 3.10 bits per heavy atom. The normalized spacial score (nSPS) is 15.0. The van der Waals surface area contributed by atoms with Crippen molar-refractivity contribution in [2.24, 2.45) is 0 Å². The first-order valence-electron chi connectivity index (χ1n) is 6.21. The molecule has 0 aliphatic heterocycles. The average molecular weight is 289 g/mol. The molecule has 0 atom stereocenters. The molecule has 2 aromatic heterocycles. The molecule has 7 nitrogen and oxygen atoms in total. The lowest BCUT2D eigenvalue weighted by molar-refractivity contribution is 0.487. The smallest absolute Gasteiger partial charge is 0.344 e. The molecular weight excluding hydrogens is 278 g/mol. The van der Waals surface area contributed by atoms with Crippen LogP contribution in [0.3, 0.4) is 0 Å². The van der Waals surface area contributed by atoms with E-state index in [-0.39, 0.29) is 11.7 Å². The van der Waals surface area contributed by atoms with Crippen LogP contribution >= 0.6 is 11.8 Å². The minimum absolute atomic E-state index is 0.185. The molecule has 0 saturated heterocycles. The highest BCUT2D eigenvalue weighted by Gasteiger charge is 2.29. The van der Waals surface area contributed by atoms with Crippen LogP contribution in [0.4, 0.5) is 5.69 Å². The molecule has 1 aliphatic carbocycles. The van der Waals surface area contributed by atoms with Crippen molar-refractivity contribution in [1.29, 1.82) is 0 Å². The van der Waals surface area contributed by atoms with Crippen molar-refractivity contribution in [3.8, 4) is 0 Å². The third-order valence-corrected chi connectivity index (χ3v) is 3.97. The Morgan fingerprint density at radius 1 is 1.45 bits per heavy atom. The summed E-state index contributed by atoms with van der Waals surface area (Å²) in [5.74, 6) is 0. The zero-order valence-corrected chi connectivity index (χ0v) is 11.2. The fourth-order valence-electron chi connectivity index (χ4n) is 2.06. The number of hydrogen-bond donors (Lipinski definition) is 2. The molecule has 20 heavy (non-hydrogen) atoms. The van der Waals surface area contributed by atoms with Crippen LogP contribution in [0.25, 0.3) is 11.1 Å². The van der Waals surface area contributed by atoms with Gasteiger partial charge in [0.25, 0.3) is 5.22 Å². The molecule has 0 radical (unpaired) electrons. The SMILES string of the molecule is Nc1ccc2oc(Sc3n[nH]c(=O)n3C3CC3)nc2c1. The number of oxazole rings is 1. The van der Waals surface area contributed by atoms with Crippen LogP contribution in [-0.2, 0) is 0 Å². The van der Waals surface area contributed by atoms with E-state index in [0.29, 0.717) is 27.2 Å². The van der Waals surface area contributed by atoms with Crippen LogP contribution in [0.5, 0.6) is 0 Å². The second-order valence-electron chi connectivity index (χ2n) is 4.72. The summed E-state index contributed by atoms with van der Waals surface area (Å²) >= 11 is 1.24. The molecule has 8 heteroatoms. The first kappa shape index (κ1) is 11.6. The van der Waals surface area contributed by atoms with Crippen LogP contribution in [0.15, 0.2) is 37.8 Å². The summed E-state index contributed by atoms with van der Waals surface area (Å²) in [4.78, 5) is 16.0. The first-order valence-corrected chi connectivity index (χ1v) is 7.03. The van der Waals surface area contributed by atoms with E-state index in [2.05, 4.69) is 15.2 Å². The Labute approximate surface area is 117 Å². The summed E-state index contributed by atoms with van der Waals surface area (Å²) in [5.41, 5.74) is 7.52. The quantitative estimate of drug-likeness (QED) is 0.712. The Bertz CT molecular complexity index is 845. The molecule has 1 aliphatic rings. The van der Waals surface area contributed by atoms with E-state index in [9.17, 15) is 4.79 Å². The van der Waals surface area contributed by atoms with Crippen molar-refractivity contribution in [1.82, 2.24) is 19.7 Å². The summed E-state index contributed by atoms with van der Waals surface area (Å²) in [6.07, 6.45) is 2.02. The van der Waals surface area contributed by atoms with Gasteiger partial charge in [-0.2, -0.15) is 0 Å². The maximum atomic E-state index is 11.7. The zero-order chi connectivity index (χ0) is 13.7. The molecule has 1 fully saturated rings. The van der Waals surface area contributed by atoms with Gasteiger partial charge in [0, 0.05) is 23.5 Å². The van der Waals surface area contributed by atoms with Crippen LogP contribution in [0.1, 0.15) is 18.9 Å². The molecule has 0 unspecified atom stereocenters. The minimum atomic E-state index is -0.185. The first-order chi connectivity index (χ1) is 9.70. The van der Waals surface area contributed by atoms with Gasteiger partial charge >= 0.3 is 5.69 Å². The molecule has 4 rings (SSSR count). The molecular formula is C12H11N5O2S. The summed E-state index contributed by atoms with van der Waals surface area (Å²) in [5, 5.41) is 7.52. The summed E-state index contributed by atoms with van der Waals surface area (Å²) in [6, 6.07) is 5.54. The molecule has 102 valence electrons. The van der Waals surface area contributed by atoms with Gasteiger partial charge < -0.3 is 10.2 Å². The number of benzene rings is 1. The van der Waals surface area contributed by atoms with Crippen LogP contribution in [0.2, 0.25) is 0 Å². The van der Waals surface area contributed by atoms with Gasteiger partial charge in [0.05, 0.1) is 0 Å². The number of aromatic amines is 1. The predicted molar refractivity (Wildman–Crippen MR) is 73.7 cm³/mol. The lowest BCUT2D eigenvalue weighted by atomic mass is 10.3. The van der Waals surface area contributed by atoms with Gasteiger partial charge in [0.15, 0.2) is 5.58 Å². The van der Waals surface area contributed by atoms with Gasteiger partial charge in [-0.1, -0.05) is 0 Å². The Kier molecular flexibility index (Phi) is 2.40. The molecule has 3 N–H and O–H groups in total. The molecule has 0 spiro atoms. The maximum Gasteiger partial charge on any atom is 0.344 e. The van der Waals surface area contributed by atoms with Gasteiger partial charge in [-0.15, -0.1) is 5.10 Å². The number of fused-ring (bicyclic) bond motifs is 1. The van der Waals surface area contributed by atoms with Crippen molar-refractivity contribution >= 4 is 28.5 Å². The maximum absolute atomic E-state index is 11.7. The fourth-order valence-corrected chi connectivity index (χ4v) is 2.92. The standard InChI is InChI=1S/C12H11N5O2S/c13-6-1-4-9-8(5-6)14-12(19-9)20-11-16-15-10(18)17(11)7-2-3-7/h1,4-5,7H,2-3,13H2,(H,15,18). The van der Waals surface area contributed by atoms with Gasteiger partial charge in [-0.3, -0.25) is 4.57 Å². The van der Waals surface area contributed by atoms with E-state index in [1.54, 1.807) is 22.8 Å². The topological polar surface area (TPSA) is 103 Å². The fraction of sp³-hybridized carbons (Fsp3) is 0.250. The number of H-pyrrole nitrogens is 1. The minimum Gasteiger partial charge on any atom is -0.431 e. The highest BCUT2D eigenvalue weighted by atomic mass is 32.2. The van der Waals surface area contributed by atoms with E-state index < -0.39 is 0 Å². The van der Waals surface area contributed by atoms with Crippen LogP contribution < -0.4 is 11.4 Å². The second-order valence-corrected chi connectivity index (χ2v) is 5.64. The number of nitrogen functional groups attached to an aromatic ring is 1. The summed E-state index contributed by atoms with van der Waals surface area (Å²) in [7, 11) is 0. The number of nitrogens with two attached hydrogens (primary N) is 1. The molecule has 0 amide bonds. The van der Waals surface area contributed by atoms with Gasteiger partial charge in [-0.25, -0.2) is 14.9 Å². The molecule has 3 aromatic rings. The van der Waals surface area contributed by atoms with E-state index in [0.717, 1.165) is 12.8 Å². The molecule has 1 aromatic carbocycles. The Balaban J connectivity index is 1.72. The van der Waals surface area contributed by atoms with E-state index in [4.69, 9.17) is 10.2 Å². The largest absolute Gasteiger partial charge is 0.431 e. The lowest BCUT2D eigenvalue weighted by Gasteiger charge is -1.99. The molecule has 2 heterocycles. The highest BCUT2D eigenvalue weighted by Crippen LogP contribution is 2.37. The van der Waals surface area contributed by atoms with Crippen molar-refractivity contribution in [3.63, 3.8) is 0 Å². The van der Waals surface area contributed by atoms with Gasteiger partial charge in [0.2, 0.25) is 5.16 Å². The van der Waals surface area contributed by atoms with E-state index in [1.807, 2.05) is 0 Å². The number of rotatable bonds is 3.